The molecule has 3 nitrogen and oxygen atoms in total. The summed E-state index contributed by atoms with van der Waals surface area (Å²) in [6.45, 7) is 0. The van der Waals surface area contributed by atoms with Crippen molar-refractivity contribution in [2.45, 2.75) is 0 Å². The highest BCUT2D eigenvalue weighted by Crippen LogP contribution is 2.23. The average Bonchev–Trinajstić information content (AvgIpc) is 2.99. The van der Waals surface area contributed by atoms with Crippen molar-refractivity contribution >= 4 is 5.65 Å². The molecule has 0 spiro atoms. The second-order valence-electron chi connectivity index (χ2n) is 4.91. The fourth-order valence-corrected chi connectivity index (χ4v) is 2.45. The van der Waals surface area contributed by atoms with E-state index in [4.69, 9.17) is 4.98 Å². The van der Waals surface area contributed by atoms with Gasteiger partial charge in [-0.15, -0.1) is 0 Å². The number of nitrogens with zero attached hydrogens (tertiary/aromatic N) is 3. The number of imidazole rings is 1. The summed E-state index contributed by atoms with van der Waals surface area (Å²) < 4.78 is 2.05. The van der Waals surface area contributed by atoms with Gasteiger partial charge in [0.15, 0.2) is 0 Å². The summed E-state index contributed by atoms with van der Waals surface area (Å²) in [6.07, 6.45) is 7.71. The molecule has 100 valence electrons. The summed E-state index contributed by atoms with van der Waals surface area (Å²) in [5.74, 6) is 0. The highest BCUT2D eigenvalue weighted by atomic mass is 15.0. The summed E-state index contributed by atoms with van der Waals surface area (Å²) in [7, 11) is 0. The quantitative estimate of drug-likeness (QED) is 0.550. The van der Waals surface area contributed by atoms with Crippen LogP contribution in [0.15, 0.2) is 79.4 Å². The van der Waals surface area contributed by atoms with E-state index < -0.39 is 0 Å². The SMILES string of the molecule is c1ccc(-c2cn3ccc(-c4ccncc4)cc3n2)cc1. The normalized spacial score (nSPS) is 10.9. The van der Waals surface area contributed by atoms with Gasteiger partial charge in [-0.3, -0.25) is 4.98 Å². The van der Waals surface area contributed by atoms with Crippen LogP contribution < -0.4 is 0 Å². The van der Waals surface area contributed by atoms with Gasteiger partial charge in [-0.25, -0.2) is 4.98 Å². The smallest absolute Gasteiger partial charge is 0.138 e. The Labute approximate surface area is 122 Å². The van der Waals surface area contributed by atoms with E-state index in [0.717, 1.165) is 28.0 Å². The first kappa shape index (κ1) is 11.9. The summed E-state index contributed by atoms with van der Waals surface area (Å²) in [4.78, 5) is 8.77. The zero-order valence-corrected chi connectivity index (χ0v) is 11.3. The maximum Gasteiger partial charge on any atom is 0.138 e. The lowest BCUT2D eigenvalue weighted by molar-refractivity contribution is 1.19. The van der Waals surface area contributed by atoms with Gasteiger partial charge in [-0.2, -0.15) is 0 Å². The molecule has 0 radical (unpaired) electrons. The van der Waals surface area contributed by atoms with Gasteiger partial charge >= 0.3 is 0 Å². The summed E-state index contributed by atoms with van der Waals surface area (Å²) in [5, 5.41) is 0. The molecular formula is C18H13N3. The van der Waals surface area contributed by atoms with E-state index in [9.17, 15) is 0 Å². The van der Waals surface area contributed by atoms with Crippen LogP contribution in [0.5, 0.6) is 0 Å². The molecule has 0 atom stereocenters. The molecule has 4 rings (SSSR count). The van der Waals surface area contributed by atoms with Crippen LogP contribution in [-0.4, -0.2) is 14.4 Å². The lowest BCUT2D eigenvalue weighted by Crippen LogP contribution is -1.84. The van der Waals surface area contributed by atoms with Crippen LogP contribution in [-0.2, 0) is 0 Å². The van der Waals surface area contributed by atoms with Gasteiger partial charge in [0.05, 0.1) is 5.69 Å². The molecule has 3 heteroatoms. The molecule has 0 saturated heterocycles. The lowest BCUT2D eigenvalue weighted by Gasteiger charge is -2.01. The fourth-order valence-electron chi connectivity index (χ4n) is 2.45. The molecule has 0 saturated carbocycles. The van der Waals surface area contributed by atoms with Crippen molar-refractivity contribution in [3.8, 4) is 22.4 Å². The molecule has 4 aromatic rings. The zero-order chi connectivity index (χ0) is 14.1. The molecule has 3 heterocycles. The van der Waals surface area contributed by atoms with Gasteiger partial charge in [0.2, 0.25) is 0 Å². The highest BCUT2D eigenvalue weighted by molar-refractivity contribution is 5.69. The lowest BCUT2D eigenvalue weighted by atomic mass is 10.1. The first-order valence-corrected chi connectivity index (χ1v) is 6.85. The van der Waals surface area contributed by atoms with E-state index in [2.05, 4.69) is 35.4 Å². The molecule has 0 fully saturated rings. The Bertz CT molecular complexity index is 843. The van der Waals surface area contributed by atoms with Crippen molar-refractivity contribution in [3.63, 3.8) is 0 Å². The molecule has 0 N–H and O–H groups in total. The third kappa shape index (κ3) is 2.19. The molecule has 0 aliphatic rings. The van der Waals surface area contributed by atoms with E-state index in [0.29, 0.717) is 0 Å². The van der Waals surface area contributed by atoms with Gasteiger partial charge in [-0.05, 0) is 35.4 Å². The number of hydrogen-bond donors (Lipinski definition) is 0. The third-order valence-corrected chi connectivity index (χ3v) is 3.54. The maximum atomic E-state index is 4.72. The minimum Gasteiger partial charge on any atom is -0.306 e. The zero-order valence-electron chi connectivity index (χ0n) is 11.3. The standard InChI is InChI=1S/C18H13N3/c1-2-4-15(5-3-1)17-13-21-11-8-16(12-18(21)20-17)14-6-9-19-10-7-14/h1-13H. The minimum atomic E-state index is 0.947. The molecule has 0 amide bonds. The fraction of sp³-hybridized carbons (Fsp3) is 0. The summed E-state index contributed by atoms with van der Waals surface area (Å²) in [6, 6.07) is 18.4. The van der Waals surface area contributed by atoms with Crippen LogP contribution in [0.4, 0.5) is 0 Å². The number of pyridine rings is 2. The third-order valence-electron chi connectivity index (χ3n) is 3.54. The number of aromatic nitrogens is 3. The molecule has 0 unspecified atom stereocenters. The Balaban J connectivity index is 1.82. The van der Waals surface area contributed by atoms with Gasteiger partial charge < -0.3 is 4.40 Å². The molecular weight excluding hydrogens is 258 g/mol. The Morgan fingerprint density at radius 3 is 2.38 bits per heavy atom. The van der Waals surface area contributed by atoms with Gasteiger partial charge in [0, 0.05) is 30.4 Å². The molecule has 0 bridgehead atoms. The molecule has 3 aromatic heterocycles. The predicted octanol–water partition coefficient (Wildman–Crippen LogP) is 4.06. The van der Waals surface area contributed by atoms with E-state index in [-0.39, 0.29) is 0 Å². The number of fused-ring (bicyclic) bond motifs is 1. The van der Waals surface area contributed by atoms with E-state index >= 15 is 0 Å². The summed E-state index contributed by atoms with van der Waals surface area (Å²) >= 11 is 0. The van der Waals surface area contributed by atoms with Crippen LogP contribution >= 0.6 is 0 Å². The second kappa shape index (κ2) is 4.87. The minimum absolute atomic E-state index is 0.947. The van der Waals surface area contributed by atoms with Gasteiger partial charge in [-0.1, -0.05) is 30.3 Å². The van der Waals surface area contributed by atoms with E-state index in [1.165, 1.54) is 0 Å². The van der Waals surface area contributed by atoms with Crippen molar-refractivity contribution in [2.24, 2.45) is 0 Å². The highest BCUT2D eigenvalue weighted by Gasteiger charge is 2.05. The van der Waals surface area contributed by atoms with Crippen molar-refractivity contribution < 1.29 is 0 Å². The second-order valence-corrected chi connectivity index (χ2v) is 4.91. The predicted molar refractivity (Wildman–Crippen MR) is 83.9 cm³/mol. The average molecular weight is 271 g/mol. The maximum absolute atomic E-state index is 4.72. The monoisotopic (exact) mass is 271 g/mol. The van der Waals surface area contributed by atoms with Crippen molar-refractivity contribution in [2.75, 3.05) is 0 Å². The Morgan fingerprint density at radius 2 is 1.57 bits per heavy atom. The molecule has 21 heavy (non-hydrogen) atoms. The topological polar surface area (TPSA) is 30.2 Å². The Morgan fingerprint density at radius 1 is 0.762 bits per heavy atom. The molecule has 0 aliphatic carbocycles. The number of hydrogen-bond acceptors (Lipinski definition) is 2. The van der Waals surface area contributed by atoms with E-state index in [1.54, 1.807) is 12.4 Å². The number of rotatable bonds is 2. The largest absolute Gasteiger partial charge is 0.306 e. The number of benzene rings is 1. The molecule has 0 aliphatic heterocycles. The summed E-state index contributed by atoms with van der Waals surface area (Å²) in [5.41, 5.74) is 5.36. The Hall–Kier alpha value is -2.94. The van der Waals surface area contributed by atoms with Crippen molar-refractivity contribution in [1.29, 1.82) is 0 Å². The van der Waals surface area contributed by atoms with Crippen LogP contribution in [0.1, 0.15) is 0 Å². The van der Waals surface area contributed by atoms with Crippen LogP contribution in [0.3, 0.4) is 0 Å². The van der Waals surface area contributed by atoms with E-state index in [1.807, 2.05) is 40.9 Å². The molecule has 1 aromatic carbocycles. The van der Waals surface area contributed by atoms with Gasteiger partial charge in [0.1, 0.15) is 5.65 Å². The first-order valence-electron chi connectivity index (χ1n) is 6.85. The van der Waals surface area contributed by atoms with Crippen LogP contribution in [0.25, 0.3) is 28.0 Å². The van der Waals surface area contributed by atoms with Crippen LogP contribution in [0, 0.1) is 0 Å². The van der Waals surface area contributed by atoms with Crippen LogP contribution in [0.2, 0.25) is 0 Å². The first-order chi connectivity index (χ1) is 10.4. The van der Waals surface area contributed by atoms with Gasteiger partial charge in [0.25, 0.3) is 0 Å². The van der Waals surface area contributed by atoms with Crippen molar-refractivity contribution in [3.05, 3.63) is 79.4 Å². The Kier molecular flexibility index (Phi) is 2.75. The van der Waals surface area contributed by atoms with Crippen molar-refractivity contribution in [1.82, 2.24) is 14.4 Å².